The van der Waals surface area contributed by atoms with Crippen molar-refractivity contribution in [3.63, 3.8) is 0 Å². The Morgan fingerprint density at radius 2 is 1.52 bits per heavy atom. The molecule has 2 amide bonds. The molecule has 25 heavy (non-hydrogen) atoms. The summed E-state index contributed by atoms with van der Waals surface area (Å²) in [6, 6.07) is 7.31. The van der Waals surface area contributed by atoms with Gasteiger partial charge in [0, 0.05) is 5.54 Å². The van der Waals surface area contributed by atoms with Crippen molar-refractivity contribution in [1.29, 1.82) is 0 Å². The lowest BCUT2D eigenvalue weighted by Gasteiger charge is -2.57. The molecule has 1 atom stereocenters. The van der Waals surface area contributed by atoms with Crippen molar-refractivity contribution in [2.24, 2.45) is 17.8 Å². The van der Waals surface area contributed by atoms with Gasteiger partial charge in [-0.2, -0.15) is 0 Å². The lowest BCUT2D eigenvalue weighted by Crippen LogP contribution is -2.61. The SMILES string of the molecule is Cc1ccc(N2C(=O)CC(NC34CC5CC(CC(C5)C3)C4)C2=O)cc1. The molecule has 1 unspecified atom stereocenters. The molecule has 4 aliphatic carbocycles. The monoisotopic (exact) mass is 338 g/mol. The van der Waals surface area contributed by atoms with E-state index in [1.54, 1.807) is 0 Å². The lowest BCUT2D eigenvalue weighted by atomic mass is 9.53. The van der Waals surface area contributed by atoms with Gasteiger partial charge in [-0.25, -0.2) is 4.90 Å². The quantitative estimate of drug-likeness (QED) is 0.861. The predicted octanol–water partition coefficient (Wildman–Crippen LogP) is 3.19. The second-order valence-electron chi connectivity index (χ2n) is 9.00. The number of nitrogens with one attached hydrogen (secondary N) is 1. The number of carbonyl (C=O) groups excluding carboxylic acids is 2. The van der Waals surface area contributed by atoms with Crippen LogP contribution in [0.1, 0.15) is 50.5 Å². The van der Waals surface area contributed by atoms with Crippen LogP contribution in [-0.2, 0) is 9.59 Å². The van der Waals surface area contributed by atoms with Crippen LogP contribution in [0, 0.1) is 24.7 Å². The number of nitrogens with zero attached hydrogens (tertiary/aromatic N) is 1. The van der Waals surface area contributed by atoms with Gasteiger partial charge >= 0.3 is 0 Å². The number of rotatable bonds is 3. The maximum atomic E-state index is 13.0. The summed E-state index contributed by atoms with van der Waals surface area (Å²) in [5.41, 5.74) is 1.94. The third kappa shape index (κ3) is 2.53. The summed E-state index contributed by atoms with van der Waals surface area (Å²) in [5.74, 6) is 2.36. The first-order valence-electron chi connectivity index (χ1n) is 9.72. The molecule has 4 bridgehead atoms. The molecule has 4 saturated carbocycles. The molecule has 4 nitrogen and oxygen atoms in total. The van der Waals surface area contributed by atoms with E-state index in [4.69, 9.17) is 0 Å². The number of hydrogen-bond acceptors (Lipinski definition) is 3. The standard InChI is InChI=1S/C21H26N2O2/c1-13-2-4-17(5-3-13)23-19(24)9-18(20(23)25)22-21-10-14-6-15(11-21)8-16(7-14)12-21/h2-5,14-16,18,22H,6-12H2,1H3. The maximum Gasteiger partial charge on any atom is 0.251 e. The van der Waals surface area contributed by atoms with Crippen LogP contribution in [0.15, 0.2) is 24.3 Å². The highest BCUT2D eigenvalue weighted by molar-refractivity contribution is 6.22. The second kappa shape index (κ2) is 5.41. The van der Waals surface area contributed by atoms with Crippen LogP contribution >= 0.6 is 0 Å². The molecule has 0 spiro atoms. The van der Waals surface area contributed by atoms with Gasteiger partial charge in [0.2, 0.25) is 5.91 Å². The minimum Gasteiger partial charge on any atom is -0.300 e. The molecule has 1 aliphatic heterocycles. The predicted molar refractivity (Wildman–Crippen MR) is 96.1 cm³/mol. The van der Waals surface area contributed by atoms with E-state index >= 15 is 0 Å². The number of benzene rings is 1. The molecule has 1 saturated heterocycles. The normalized spacial score (nSPS) is 39.5. The van der Waals surface area contributed by atoms with Gasteiger partial charge in [-0.3, -0.25) is 14.9 Å². The van der Waals surface area contributed by atoms with E-state index in [1.807, 2.05) is 31.2 Å². The third-order valence-electron chi connectivity index (χ3n) is 6.96. The number of anilines is 1. The Kier molecular flexibility index (Phi) is 3.37. The Bertz CT molecular complexity index is 689. The van der Waals surface area contributed by atoms with Crippen molar-refractivity contribution in [2.75, 3.05) is 4.90 Å². The summed E-state index contributed by atoms with van der Waals surface area (Å²) in [4.78, 5) is 26.9. The molecular weight excluding hydrogens is 312 g/mol. The van der Waals surface area contributed by atoms with Gasteiger partial charge in [0.1, 0.15) is 0 Å². The van der Waals surface area contributed by atoms with E-state index in [9.17, 15) is 9.59 Å². The van der Waals surface area contributed by atoms with Crippen LogP contribution in [-0.4, -0.2) is 23.4 Å². The van der Waals surface area contributed by atoms with Crippen molar-refractivity contribution < 1.29 is 9.59 Å². The molecule has 1 aromatic rings. The molecule has 132 valence electrons. The lowest BCUT2D eigenvalue weighted by molar-refractivity contribution is -0.122. The first-order valence-corrected chi connectivity index (χ1v) is 9.72. The van der Waals surface area contributed by atoms with Crippen molar-refractivity contribution in [2.45, 2.75) is 63.5 Å². The summed E-state index contributed by atoms with van der Waals surface area (Å²) >= 11 is 0. The number of imide groups is 1. The van der Waals surface area contributed by atoms with Crippen molar-refractivity contribution >= 4 is 17.5 Å². The van der Waals surface area contributed by atoms with Crippen LogP contribution in [0.25, 0.3) is 0 Å². The van der Waals surface area contributed by atoms with Gasteiger partial charge in [-0.05, 0) is 75.3 Å². The molecule has 5 fully saturated rings. The van der Waals surface area contributed by atoms with E-state index < -0.39 is 0 Å². The van der Waals surface area contributed by atoms with E-state index in [-0.39, 0.29) is 23.4 Å². The van der Waals surface area contributed by atoms with Crippen LogP contribution < -0.4 is 10.2 Å². The second-order valence-corrected chi connectivity index (χ2v) is 9.00. The highest BCUT2D eigenvalue weighted by Crippen LogP contribution is 2.55. The highest BCUT2D eigenvalue weighted by atomic mass is 16.2. The fourth-order valence-electron chi connectivity index (χ4n) is 6.37. The van der Waals surface area contributed by atoms with Crippen molar-refractivity contribution in [3.8, 4) is 0 Å². The van der Waals surface area contributed by atoms with Gasteiger partial charge in [0.05, 0.1) is 18.2 Å². The molecule has 0 aromatic heterocycles. The molecule has 1 aromatic carbocycles. The van der Waals surface area contributed by atoms with Gasteiger partial charge in [-0.1, -0.05) is 17.7 Å². The largest absolute Gasteiger partial charge is 0.300 e. The average molecular weight is 338 g/mol. The zero-order valence-corrected chi connectivity index (χ0v) is 14.8. The molecule has 0 radical (unpaired) electrons. The molecule has 5 aliphatic rings. The summed E-state index contributed by atoms with van der Waals surface area (Å²) in [5, 5.41) is 3.70. The van der Waals surface area contributed by atoms with Crippen LogP contribution in [0.2, 0.25) is 0 Å². The third-order valence-corrected chi connectivity index (χ3v) is 6.96. The Morgan fingerprint density at radius 1 is 0.960 bits per heavy atom. The smallest absolute Gasteiger partial charge is 0.251 e. The van der Waals surface area contributed by atoms with E-state index in [0.717, 1.165) is 23.3 Å². The number of amides is 2. The molecule has 1 N–H and O–H groups in total. The number of aryl methyl sites for hydroxylation is 1. The zero-order valence-electron chi connectivity index (χ0n) is 14.8. The molecule has 4 heteroatoms. The highest BCUT2D eigenvalue weighted by Gasteiger charge is 2.53. The van der Waals surface area contributed by atoms with Crippen molar-refractivity contribution in [3.05, 3.63) is 29.8 Å². The average Bonchev–Trinajstić information content (AvgIpc) is 2.80. The Morgan fingerprint density at radius 3 is 2.08 bits per heavy atom. The fraction of sp³-hybridized carbons (Fsp3) is 0.619. The maximum absolute atomic E-state index is 13.0. The molecule has 6 rings (SSSR count). The van der Waals surface area contributed by atoms with E-state index in [2.05, 4.69) is 5.32 Å². The van der Waals surface area contributed by atoms with Gasteiger partial charge in [0.25, 0.3) is 5.91 Å². The van der Waals surface area contributed by atoms with Gasteiger partial charge in [-0.15, -0.1) is 0 Å². The van der Waals surface area contributed by atoms with Crippen LogP contribution in [0.3, 0.4) is 0 Å². The number of hydrogen-bond donors (Lipinski definition) is 1. The summed E-state index contributed by atoms with van der Waals surface area (Å²) in [6.07, 6.45) is 8.04. The molecule has 1 heterocycles. The summed E-state index contributed by atoms with van der Waals surface area (Å²) in [7, 11) is 0. The first-order chi connectivity index (χ1) is 12.0. The number of carbonyl (C=O) groups is 2. The van der Waals surface area contributed by atoms with E-state index in [0.29, 0.717) is 12.1 Å². The van der Waals surface area contributed by atoms with Gasteiger partial charge in [0.15, 0.2) is 0 Å². The van der Waals surface area contributed by atoms with Crippen LogP contribution in [0.5, 0.6) is 0 Å². The van der Waals surface area contributed by atoms with E-state index in [1.165, 1.54) is 43.4 Å². The Balaban J connectivity index is 1.36. The Labute approximate surface area is 149 Å². The first kappa shape index (κ1) is 15.6. The zero-order chi connectivity index (χ0) is 17.2. The summed E-state index contributed by atoms with van der Waals surface area (Å²) in [6.45, 7) is 2.01. The topological polar surface area (TPSA) is 49.4 Å². The minimum atomic E-state index is -0.343. The van der Waals surface area contributed by atoms with Crippen molar-refractivity contribution in [1.82, 2.24) is 5.32 Å². The fourth-order valence-corrected chi connectivity index (χ4v) is 6.37. The molecular formula is C21H26N2O2. The summed E-state index contributed by atoms with van der Waals surface area (Å²) < 4.78 is 0. The Hall–Kier alpha value is -1.68. The van der Waals surface area contributed by atoms with Crippen LogP contribution in [0.4, 0.5) is 5.69 Å². The van der Waals surface area contributed by atoms with Gasteiger partial charge < -0.3 is 0 Å². The minimum absolute atomic E-state index is 0.0652.